The Kier molecular flexibility index (Phi) is 6.45. The summed E-state index contributed by atoms with van der Waals surface area (Å²) < 4.78 is 65.9. The molecular weight excluding hydrogens is 436 g/mol. The van der Waals surface area contributed by atoms with E-state index < -0.39 is 35.2 Å². The molecule has 0 saturated heterocycles. The SMILES string of the molecule is C=CC(=O)OCCCc1ccc2c(sc3c(C(F)(F)F)c(OC(=O)C=C)ccc32)c1F. The smallest absolute Gasteiger partial charge is 0.421 e. The number of thiophene rings is 1. The van der Waals surface area contributed by atoms with E-state index in [4.69, 9.17) is 9.47 Å². The summed E-state index contributed by atoms with van der Waals surface area (Å²) in [5.41, 5.74) is -0.848. The first-order valence-corrected chi connectivity index (χ1v) is 9.86. The maximum Gasteiger partial charge on any atom is 0.421 e. The molecule has 0 atom stereocenters. The maximum atomic E-state index is 15.1. The first-order chi connectivity index (χ1) is 14.7. The van der Waals surface area contributed by atoms with E-state index in [0.29, 0.717) is 28.7 Å². The van der Waals surface area contributed by atoms with E-state index in [1.54, 1.807) is 6.07 Å². The number of halogens is 4. The van der Waals surface area contributed by atoms with Crippen LogP contribution in [0, 0.1) is 5.82 Å². The molecule has 9 heteroatoms. The predicted molar refractivity (Wildman–Crippen MR) is 110 cm³/mol. The third-order valence-corrected chi connectivity index (χ3v) is 5.68. The first kappa shape index (κ1) is 22.5. The van der Waals surface area contributed by atoms with Gasteiger partial charge >= 0.3 is 18.1 Å². The molecule has 0 aliphatic rings. The van der Waals surface area contributed by atoms with Gasteiger partial charge in [-0.05, 0) is 30.5 Å². The highest BCUT2D eigenvalue weighted by molar-refractivity contribution is 7.26. The Morgan fingerprint density at radius 1 is 1.00 bits per heavy atom. The number of fused-ring (bicyclic) bond motifs is 3. The van der Waals surface area contributed by atoms with Crippen LogP contribution in [0.2, 0.25) is 0 Å². The minimum atomic E-state index is -4.83. The number of benzene rings is 2. The van der Waals surface area contributed by atoms with Crippen molar-refractivity contribution in [2.24, 2.45) is 0 Å². The molecule has 0 fully saturated rings. The van der Waals surface area contributed by atoms with E-state index in [1.807, 2.05) is 0 Å². The molecule has 0 aliphatic heterocycles. The van der Waals surface area contributed by atoms with Crippen LogP contribution >= 0.6 is 11.3 Å². The van der Waals surface area contributed by atoms with Crippen molar-refractivity contribution in [1.29, 1.82) is 0 Å². The molecule has 3 aromatic rings. The van der Waals surface area contributed by atoms with Crippen LogP contribution in [0.3, 0.4) is 0 Å². The quantitative estimate of drug-likeness (QED) is 0.146. The molecule has 0 aliphatic carbocycles. The second kappa shape index (κ2) is 8.89. The molecule has 0 amide bonds. The van der Waals surface area contributed by atoms with Crippen LogP contribution in [0.5, 0.6) is 5.75 Å². The lowest BCUT2D eigenvalue weighted by atomic mass is 10.0. The van der Waals surface area contributed by atoms with Crippen molar-refractivity contribution in [1.82, 2.24) is 0 Å². The van der Waals surface area contributed by atoms with Gasteiger partial charge in [-0.15, -0.1) is 11.3 Å². The van der Waals surface area contributed by atoms with Gasteiger partial charge in [-0.3, -0.25) is 0 Å². The number of esters is 2. The summed E-state index contributed by atoms with van der Waals surface area (Å²) >= 11 is 0.642. The second-order valence-corrected chi connectivity index (χ2v) is 7.45. The van der Waals surface area contributed by atoms with Crippen LogP contribution in [0.1, 0.15) is 17.5 Å². The Morgan fingerprint density at radius 2 is 1.65 bits per heavy atom. The molecule has 0 radical (unpaired) electrons. The lowest BCUT2D eigenvalue weighted by Crippen LogP contribution is -2.11. The Bertz CT molecular complexity index is 1190. The molecule has 3 rings (SSSR count). The highest BCUT2D eigenvalue weighted by Crippen LogP contribution is 2.47. The van der Waals surface area contributed by atoms with Gasteiger partial charge in [0.2, 0.25) is 0 Å². The number of carbonyl (C=O) groups is 2. The average molecular weight is 452 g/mol. The monoisotopic (exact) mass is 452 g/mol. The Balaban J connectivity index is 2.05. The molecular formula is C22H16F4O4S. The van der Waals surface area contributed by atoms with E-state index in [1.165, 1.54) is 12.1 Å². The Hall–Kier alpha value is -3.20. The van der Waals surface area contributed by atoms with E-state index in [9.17, 15) is 22.8 Å². The van der Waals surface area contributed by atoms with E-state index >= 15 is 4.39 Å². The van der Waals surface area contributed by atoms with E-state index in [0.717, 1.165) is 18.2 Å². The first-order valence-electron chi connectivity index (χ1n) is 9.04. The average Bonchev–Trinajstić information content (AvgIpc) is 3.10. The van der Waals surface area contributed by atoms with Gasteiger partial charge in [-0.2, -0.15) is 13.2 Å². The standard InChI is InChI=1S/C22H16F4O4S/c1-3-16(27)29-11-5-6-12-7-8-14-13-9-10-15(30-17(28)4-2)18(22(24,25)26)20(13)31-21(14)19(12)23/h3-4,7-10H,1-2,5-6,11H2. The van der Waals surface area contributed by atoms with E-state index in [-0.39, 0.29) is 27.8 Å². The van der Waals surface area contributed by atoms with Crippen LogP contribution < -0.4 is 4.74 Å². The molecule has 162 valence electrons. The second-order valence-electron chi connectivity index (χ2n) is 6.43. The molecule has 0 unspecified atom stereocenters. The van der Waals surface area contributed by atoms with Crippen molar-refractivity contribution >= 4 is 43.4 Å². The van der Waals surface area contributed by atoms with Crippen molar-refractivity contribution in [2.75, 3.05) is 6.61 Å². The van der Waals surface area contributed by atoms with Gasteiger partial charge < -0.3 is 9.47 Å². The topological polar surface area (TPSA) is 52.6 Å². The highest BCUT2D eigenvalue weighted by Gasteiger charge is 2.38. The fourth-order valence-corrected chi connectivity index (χ4v) is 4.40. The molecule has 0 spiro atoms. The lowest BCUT2D eigenvalue weighted by Gasteiger charge is -2.13. The van der Waals surface area contributed by atoms with Gasteiger partial charge in [-0.25, -0.2) is 14.0 Å². The summed E-state index contributed by atoms with van der Waals surface area (Å²) in [7, 11) is 0. The minimum Gasteiger partial charge on any atom is -0.463 e. The van der Waals surface area contributed by atoms with Gasteiger partial charge in [-0.1, -0.05) is 25.3 Å². The van der Waals surface area contributed by atoms with Gasteiger partial charge in [0.05, 0.1) is 16.0 Å². The fourth-order valence-electron chi connectivity index (χ4n) is 3.08. The van der Waals surface area contributed by atoms with Crippen LogP contribution in [-0.4, -0.2) is 18.5 Å². The summed E-state index contributed by atoms with van der Waals surface area (Å²) in [5, 5.41) is 0.530. The van der Waals surface area contributed by atoms with Crippen LogP contribution in [0.4, 0.5) is 17.6 Å². The third-order valence-electron chi connectivity index (χ3n) is 4.45. The number of carbonyl (C=O) groups excluding carboxylic acids is 2. The molecule has 31 heavy (non-hydrogen) atoms. The molecule has 1 heterocycles. The van der Waals surface area contributed by atoms with Gasteiger partial charge in [0.15, 0.2) is 0 Å². The fraction of sp³-hybridized carbons (Fsp3) is 0.182. The molecule has 0 bridgehead atoms. The number of rotatable bonds is 7. The molecule has 1 aromatic heterocycles. The van der Waals surface area contributed by atoms with Crippen molar-refractivity contribution in [3.05, 3.63) is 66.5 Å². The molecule has 4 nitrogen and oxygen atoms in total. The normalized spacial score (nSPS) is 11.5. The van der Waals surface area contributed by atoms with Crippen LogP contribution in [0.15, 0.2) is 49.6 Å². The Morgan fingerprint density at radius 3 is 2.29 bits per heavy atom. The summed E-state index contributed by atoms with van der Waals surface area (Å²) in [6.45, 7) is 6.51. The zero-order valence-corrected chi connectivity index (χ0v) is 16.9. The summed E-state index contributed by atoms with van der Waals surface area (Å²) in [5.74, 6) is -2.92. The van der Waals surface area contributed by atoms with Crippen LogP contribution in [-0.2, 0) is 26.9 Å². The lowest BCUT2D eigenvalue weighted by molar-refractivity contribution is -0.140. The zero-order valence-electron chi connectivity index (χ0n) is 16.1. The van der Waals surface area contributed by atoms with Crippen molar-refractivity contribution in [3.63, 3.8) is 0 Å². The van der Waals surface area contributed by atoms with Crippen molar-refractivity contribution in [3.8, 4) is 5.75 Å². The van der Waals surface area contributed by atoms with Gasteiger partial charge in [0, 0.05) is 22.9 Å². The highest BCUT2D eigenvalue weighted by atomic mass is 32.1. The number of hydrogen-bond acceptors (Lipinski definition) is 5. The number of ether oxygens (including phenoxy) is 2. The van der Waals surface area contributed by atoms with Crippen LogP contribution in [0.25, 0.3) is 20.2 Å². The van der Waals surface area contributed by atoms with Crippen molar-refractivity contribution < 1.29 is 36.6 Å². The molecule has 2 aromatic carbocycles. The number of hydrogen-bond donors (Lipinski definition) is 0. The summed E-state index contributed by atoms with van der Waals surface area (Å²) in [4.78, 5) is 22.5. The number of aryl methyl sites for hydroxylation is 1. The summed E-state index contributed by atoms with van der Waals surface area (Å²) in [6, 6.07) is 5.46. The third kappa shape index (κ3) is 4.61. The Labute approximate surface area is 178 Å². The predicted octanol–water partition coefficient (Wildman–Crippen LogP) is 5.97. The number of alkyl halides is 3. The van der Waals surface area contributed by atoms with Gasteiger partial charge in [0.1, 0.15) is 17.1 Å². The molecule has 0 saturated carbocycles. The maximum absolute atomic E-state index is 15.1. The largest absolute Gasteiger partial charge is 0.463 e. The minimum absolute atomic E-state index is 0.0605. The summed E-state index contributed by atoms with van der Waals surface area (Å²) in [6.07, 6.45) is -2.49. The zero-order chi connectivity index (χ0) is 22.8. The van der Waals surface area contributed by atoms with Crippen molar-refractivity contribution in [2.45, 2.75) is 19.0 Å². The molecule has 0 N–H and O–H groups in total. The van der Waals surface area contributed by atoms with Gasteiger partial charge in [0.25, 0.3) is 0 Å². The van der Waals surface area contributed by atoms with E-state index in [2.05, 4.69) is 13.2 Å².